The molecule has 0 bridgehead atoms. The molecule has 2 rings (SSSR count). The molecule has 1 heterocycles. The van der Waals surface area contributed by atoms with Gasteiger partial charge in [0.25, 0.3) is 0 Å². The predicted octanol–water partition coefficient (Wildman–Crippen LogP) is 3.00. The summed E-state index contributed by atoms with van der Waals surface area (Å²) in [4.78, 5) is 11.9. The maximum Gasteiger partial charge on any atom is 0.408 e. The van der Waals surface area contributed by atoms with Crippen molar-refractivity contribution in [3.8, 4) is 0 Å². The van der Waals surface area contributed by atoms with E-state index in [1.165, 1.54) is 0 Å². The van der Waals surface area contributed by atoms with Crippen molar-refractivity contribution in [1.82, 2.24) is 5.32 Å². The lowest BCUT2D eigenvalue weighted by atomic mass is 9.72. The van der Waals surface area contributed by atoms with E-state index in [4.69, 9.17) is 9.47 Å². The van der Waals surface area contributed by atoms with Crippen LogP contribution in [-0.4, -0.2) is 28.4 Å². The molecule has 18 heavy (non-hydrogen) atoms. The number of fused-ring (bicyclic) bond motifs is 1. The Bertz CT molecular complexity index is 376. The minimum absolute atomic E-state index is 0.0160. The number of hydrogen-bond acceptors (Lipinski definition) is 3. The quantitative estimate of drug-likeness (QED) is 0.733. The number of carbonyl (C=O) groups excluding carboxylic acids is 1. The van der Waals surface area contributed by atoms with Crippen molar-refractivity contribution >= 4 is 6.09 Å². The molecule has 1 N–H and O–H groups in total. The fourth-order valence-corrected chi connectivity index (χ4v) is 3.01. The zero-order valence-electron chi connectivity index (χ0n) is 12.3. The van der Waals surface area contributed by atoms with Crippen molar-refractivity contribution in [2.45, 2.75) is 83.1 Å². The Hall–Kier alpha value is -0.770. The Morgan fingerprint density at radius 2 is 1.78 bits per heavy atom. The molecular weight excluding hydrogens is 230 g/mol. The Kier molecular flexibility index (Phi) is 2.75. The third kappa shape index (κ3) is 2.48. The molecular formula is C14H25NO3. The van der Waals surface area contributed by atoms with E-state index in [1.807, 2.05) is 20.8 Å². The normalized spacial score (nSPS) is 43.0. The number of rotatable bonds is 1. The molecule has 3 atom stereocenters. The van der Waals surface area contributed by atoms with E-state index in [-0.39, 0.29) is 22.8 Å². The minimum atomic E-state index is -0.455. The molecule has 1 amide bonds. The number of ether oxygens (including phenoxy) is 2. The average Bonchev–Trinajstić information content (AvgIpc) is 2.62. The summed E-state index contributed by atoms with van der Waals surface area (Å²) in [6.07, 6.45) is 2.42. The molecule has 4 nitrogen and oxygen atoms in total. The molecule has 0 aromatic carbocycles. The monoisotopic (exact) mass is 255 g/mol. The average molecular weight is 255 g/mol. The summed E-state index contributed by atoms with van der Waals surface area (Å²) < 4.78 is 11.2. The van der Waals surface area contributed by atoms with Crippen molar-refractivity contribution in [3.05, 3.63) is 0 Å². The van der Waals surface area contributed by atoms with Crippen LogP contribution < -0.4 is 5.32 Å². The molecule has 0 spiro atoms. The highest BCUT2D eigenvalue weighted by molar-refractivity contribution is 5.68. The SMILES string of the molecule is CC1(NC(=O)OC(C)(C)C)CCC2(C)OC2(C)C1. The lowest BCUT2D eigenvalue weighted by Crippen LogP contribution is -2.53. The van der Waals surface area contributed by atoms with Gasteiger partial charge in [-0.2, -0.15) is 0 Å². The maximum absolute atomic E-state index is 11.9. The highest BCUT2D eigenvalue weighted by atomic mass is 16.6. The standard InChI is InChI=1S/C14H25NO3/c1-11(2,3)17-10(16)15-12(4)7-8-13(5)14(6,9-12)18-13/h7-9H2,1-6H3,(H,15,16). The molecule has 2 aliphatic rings. The molecule has 0 radical (unpaired) electrons. The van der Waals surface area contributed by atoms with E-state index < -0.39 is 5.60 Å². The highest BCUT2D eigenvalue weighted by Gasteiger charge is 2.67. The second-order valence-electron chi connectivity index (χ2n) is 7.43. The van der Waals surface area contributed by atoms with Crippen LogP contribution in [0.4, 0.5) is 4.79 Å². The zero-order valence-corrected chi connectivity index (χ0v) is 12.3. The fourth-order valence-electron chi connectivity index (χ4n) is 3.01. The lowest BCUT2D eigenvalue weighted by Gasteiger charge is -2.37. The van der Waals surface area contributed by atoms with Gasteiger partial charge in [0.05, 0.1) is 11.2 Å². The molecule has 3 unspecified atom stereocenters. The van der Waals surface area contributed by atoms with Gasteiger partial charge in [0.15, 0.2) is 0 Å². The summed E-state index contributed by atoms with van der Waals surface area (Å²) >= 11 is 0. The Labute approximate surface area is 109 Å². The van der Waals surface area contributed by atoms with Gasteiger partial charge >= 0.3 is 6.09 Å². The molecule has 1 saturated carbocycles. The predicted molar refractivity (Wildman–Crippen MR) is 69.5 cm³/mol. The summed E-state index contributed by atoms with van der Waals surface area (Å²) in [5.41, 5.74) is -0.756. The minimum Gasteiger partial charge on any atom is -0.444 e. The van der Waals surface area contributed by atoms with E-state index in [2.05, 4.69) is 26.1 Å². The molecule has 1 saturated heterocycles. The second kappa shape index (κ2) is 3.62. The first kappa shape index (κ1) is 13.7. The van der Waals surface area contributed by atoms with Crippen molar-refractivity contribution in [2.75, 3.05) is 0 Å². The maximum atomic E-state index is 11.9. The van der Waals surface area contributed by atoms with E-state index in [9.17, 15) is 4.79 Å². The molecule has 1 aliphatic heterocycles. The summed E-state index contributed by atoms with van der Waals surface area (Å²) in [7, 11) is 0. The van der Waals surface area contributed by atoms with E-state index in [0.717, 1.165) is 19.3 Å². The number of nitrogens with one attached hydrogen (secondary N) is 1. The van der Waals surface area contributed by atoms with Crippen LogP contribution in [0.2, 0.25) is 0 Å². The van der Waals surface area contributed by atoms with Gasteiger partial charge in [-0.05, 0) is 54.4 Å². The van der Waals surface area contributed by atoms with Crippen LogP contribution in [0.3, 0.4) is 0 Å². The second-order valence-corrected chi connectivity index (χ2v) is 7.43. The van der Waals surface area contributed by atoms with Crippen LogP contribution in [0.25, 0.3) is 0 Å². The van der Waals surface area contributed by atoms with Gasteiger partial charge in [-0.3, -0.25) is 0 Å². The first-order valence-electron chi connectivity index (χ1n) is 6.68. The number of amides is 1. The summed E-state index contributed by atoms with van der Waals surface area (Å²) in [5, 5.41) is 3.01. The van der Waals surface area contributed by atoms with Crippen LogP contribution in [0.5, 0.6) is 0 Å². The van der Waals surface area contributed by atoms with Gasteiger partial charge in [-0.1, -0.05) is 0 Å². The number of epoxide rings is 1. The van der Waals surface area contributed by atoms with Gasteiger partial charge in [0.2, 0.25) is 0 Å². The Morgan fingerprint density at radius 3 is 2.28 bits per heavy atom. The Balaban J connectivity index is 1.95. The van der Waals surface area contributed by atoms with Crippen molar-refractivity contribution in [2.24, 2.45) is 0 Å². The Morgan fingerprint density at radius 1 is 1.17 bits per heavy atom. The lowest BCUT2D eigenvalue weighted by molar-refractivity contribution is 0.0428. The molecule has 104 valence electrons. The van der Waals surface area contributed by atoms with Crippen LogP contribution in [-0.2, 0) is 9.47 Å². The summed E-state index contributed by atoms with van der Waals surface area (Å²) in [5.74, 6) is 0. The van der Waals surface area contributed by atoms with E-state index in [1.54, 1.807) is 0 Å². The zero-order chi connectivity index (χ0) is 13.8. The summed E-state index contributed by atoms with van der Waals surface area (Å²) in [6, 6.07) is 0. The first-order valence-corrected chi connectivity index (χ1v) is 6.68. The highest BCUT2D eigenvalue weighted by Crippen LogP contribution is 2.59. The number of carbonyl (C=O) groups is 1. The van der Waals surface area contributed by atoms with Crippen molar-refractivity contribution in [1.29, 1.82) is 0 Å². The van der Waals surface area contributed by atoms with Crippen LogP contribution in [0.1, 0.15) is 60.8 Å². The van der Waals surface area contributed by atoms with E-state index >= 15 is 0 Å². The van der Waals surface area contributed by atoms with Crippen LogP contribution >= 0.6 is 0 Å². The third-order valence-corrected chi connectivity index (χ3v) is 4.21. The molecule has 4 heteroatoms. The number of hydrogen-bond donors (Lipinski definition) is 1. The van der Waals surface area contributed by atoms with Crippen LogP contribution in [0, 0.1) is 0 Å². The molecule has 0 aromatic heterocycles. The van der Waals surface area contributed by atoms with E-state index in [0.29, 0.717) is 0 Å². The largest absolute Gasteiger partial charge is 0.444 e. The number of alkyl carbamates (subject to hydrolysis) is 1. The van der Waals surface area contributed by atoms with Gasteiger partial charge in [0, 0.05) is 12.0 Å². The molecule has 0 aromatic rings. The third-order valence-electron chi connectivity index (χ3n) is 4.21. The smallest absolute Gasteiger partial charge is 0.408 e. The van der Waals surface area contributed by atoms with Gasteiger partial charge in [0.1, 0.15) is 5.60 Å². The van der Waals surface area contributed by atoms with Gasteiger partial charge in [-0.25, -0.2) is 4.79 Å². The van der Waals surface area contributed by atoms with Crippen molar-refractivity contribution < 1.29 is 14.3 Å². The topological polar surface area (TPSA) is 50.9 Å². The fraction of sp³-hybridized carbons (Fsp3) is 0.929. The first-order chi connectivity index (χ1) is 7.97. The summed E-state index contributed by atoms with van der Waals surface area (Å²) in [6.45, 7) is 12.0. The van der Waals surface area contributed by atoms with Crippen molar-refractivity contribution in [3.63, 3.8) is 0 Å². The van der Waals surface area contributed by atoms with Crippen LogP contribution in [0.15, 0.2) is 0 Å². The van der Waals surface area contributed by atoms with Gasteiger partial charge in [-0.15, -0.1) is 0 Å². The van der Waals surface area contributed by atoms with Gasteiger partial charge < -0.3 is 14.8 Å². The molecule has 2 fully saturated rings. The molecule has 1 aliphatic carbocycles.